The van der Waals surface area contributed by atoms with E-state index in [4.69, 9.17) is 5.26 Å². The van der Waals surface area contributed by atoms with Crippen LogP contribution in [0.3, 0.4) is 0 Å². The highest BCUT2D eigenvalue weighted by Gasteiger charge is 2.51. The monoisotopic (exact) mass is 227 g/mol. The van der Waals surface area contributed by atoms with Crippen LogP contribution in [0.1, 0.15) is 56.7 Å². The Morgan fingerprint density at radius 3 is 2.41 bits per heavy atom. The lowest BCUT2D eigenvalue weighted by Gasteiger charge is -2.20. The van der Waals surface area contributed by atoms with Gasteiger partial charge in [-0.05, 0) is 42.4 Å². The zero-order valence-corrected chi connectivity index (χ0v) is 11.5. The Bertz CT molecular complexity index is 487. The van der Waals surface area contributed by atoms with E-state index in [9.17, 15) is 0 Å². The third-order valence-corrected chi connectivity index (χ3v) is 4.00. The first kappa shape index (κ1) is 12.2. The number of aryl methyl sites for hydroxylation is 1. The molecule has 90 valence electrons. The largest absolute Gasteiger partial charge is 0.198 e. The SMILES string of the molecule is Cc1cc(C(C)(C)C)ccc1C1CC1(C)C#N. The molecule has 0 amide bonds. The molecule has 0 bridgehead atoms. The Morgan fingerprint density at radius 1 is 1.35 bits per heavy atom. The van der Waals surface area contributed by atoms with Crippen LogP contribution in [0.15, 0.2) is 18.2 Å². The van der Waals surface area contributed by atoms with Gasteiger partial charge in [-0.2, -0.15) is 5.26 Å². The Labute approximate surface area is 104 Å². The van der Waals surface area contributed by atoms with Crippen LogP contribution in [0.25, 0.3) is 0 Å². The number of rotatable bonds is 1. The summed E-state index contributed by atoms with van der Waals surface area (Å²) in [5.74, 6) is 0.446. The normalized spacial score (nSPS) is 27.6. The van der Waals surface area contributed by atoms with E-state index < -0.39 is 0 Å². The smallest absolute Gasteiger partial charge is 0.0693 e. The van der Waals surface area contributed by atoms with Crippen LogP contribution < -0.4 is 0 Å². The Morgan fingerprint density at radius 2 is 2.00 bits per heavy atom. The Hall–Kier alpha value is -1.29. The fourth-order valence-electron chi connectivity index (χ4n) is 2.48. The first-order valence-corrected chi connectivity index (χ1v) is 6.30. The standard InChI is InChI=1S/C16H21N/c1-11-8-12(15(2,3)4)6-7-13(11)14-9-16(14,5)10-17/h6-8,14H,9H2,1-5H3. The second kappa shape index (κ2) is 3.60. The average molecular weight is 227 g/mol. The van der Waals surface area contributed by atoms with Gasteiger partial charge in [0.25, 0.3) is 0 Å². The average Bonchev–Trinajstić information content (AvgIpc) is 2.90. The number of nitriles is 1. The van der Waals surface area contributed by atoms with Gasteiger partial charge in [0.05, 0.1) is 11.5 Å². The topological polar surface area (TPSA) is 23.8 Å². The van der Waals surface area contributed by atoms with Crippen LogP contribution in [-0.4, -0.2) is 0 Å². The zero-order chi connectivity index (χ0) is 12.8. The molecule has 1 aliphatic rings. The van der Waals surface area contributed by atoms with Crippen molar-refractivity contribution in [1.82, 2.24) is 0 Å². The highest BCUT2D eigenvalue weighted by Crippen LogP contribution is 2.59. The van der Waals surface area contributed by atoms with Crippen LogP contribution >= 0.6 is 0 Å². The quantitative estimate of drug-likeness (QED) is 0.701. The molecule has 1 saturated carbocycles. The second-order valence-electron chi connectivity index (χ2n) is 6.61. The summed E-state index contributed by atoms with van der Waals surface area (Å²) in [6, 6.07) is 9.17. The lowest BCUT2D eigenvalue weighted by molar-refractivity contribution is 0.589. The fourth-order valence-corrected chi connectivity index (χ4v) is 2.48. The summed E-state index contributed by atoms with van der Waals surface area (Å²) in [7, 11) is 0. The predicted molar refractivity (Wildman–Crippen MR) is 71.0 cm³/mol. The highest BCUT2D eigenvalue weighted by molar-refractivity contribution is 5.42. The third kappa shape index (κ3) is 2.09. The van der Waals surface area contributed by atoms with E-state index in [1.165, 1.54) is 16.7 Å². The van der Waals surface area contributed by atoms with Crippen molar-refractivity contribution in [3.05, 3.63) is 34.9 Å². The van der Waals surface area contributed by atoms with Crippen molar-refractivity contribution in [2.24, 2.45) is 5.41 Å². The van der Waals surface area contributed by atoms with Crippen molar-refractivity contribution in [3.63, 3.8) is 0 Å². The van der Waals surface area contributed by atoms with Gasteiger partial charge < -0.3 is 0 Å². The van der Waals surface area contributed by atoms with Crippen LogP contribution in [0, 0.1) is 23.7 Å². The van der Waals surface area contributed by atoms with Crippen molar-refractivity contribution in [3.8, 4) is 6.07 Å². The molecular weight excluding hydrogens is 206 g/mol. The van der Waals surface area contributed by atoms with Gasteiger partial charge in [-0.3, -0.25) is 0 Å². The number of hydrogen-bond acceptors (Lipinski definition) is 1. The van der Waals surface area contributed by atoms with Gasteiger partial charge in [-0.25, -0.2) is 0 Å². The van der Waals surface area contributed by atoms with Crippen LogP contribution in [0.4, 0.5) is 0 Å². The molecule has 1 fully saturated rings. The molecule has 0 radical (unpaired) electrons. The molecule has 0 heterocycles. The summed E-state index contributed by atoms with van der Waals surface area (Å²) in [5.41, 5.74) is 4.15. The first-order valence-electron chi connectivity index (χ1n) is 6.30. The molecule has 0 N–H and O–H groups in total. The van der Waals surface area contributed by atoms with Gasteiger partial charge in [0, 0.05) is 5.92 Å². The third-order valence-electron chi connectivity index (χ3n) is 4.00. The fraction of sp³-hybridized carbons (Fsp3) is 0.562. The van der Waals surface area contributed by atoms with E-state index in [-0.39, 0.29) is 10.8 Å². The summed E-state index contributed by atoms with van der Waals surface area (Å²) < 4.78 is 0. The molecule has 0 aliphatic heterocycles. The summed E-state index contributed by atoms with van der Waals surface area (Å²) in [5, 5.41) is 9.12. The summed E-state index contributed by atoms with van der Waals surface area (Å²) in [6.07, 6.45) is 1.01. The first-order chi connectivity index (χ1) is 7.78. The van der Waals surface area contributed by atoms with Gasteiger partial charge in [-0.1, -0.05) is 39.0 Å². The molecule has 1 heteroatoms. The van der Waals surface area contributed by atoms with E-state index in [0.29, 0.717) is 5.92 Å². The maximum atomic E-state index is 9.12. The van der Waals surface area contributed by atoms with E-state index in [1.807, 2.05) is 0 Å². The van der Waals surface area contributed by atoms with Gasteiger partial charge >= 0.3 is 0 Å². The van der Waals surface area contributed by atoms with E-state index >= 15 is 0 Å². The minimum Gasteiger partial charge on any atom is -0.198 e. The molecule has 0 saturated heterocycles. The lowest BCUT2D eigenvalue weighted by atomic mass is 9.84. The molecule has 2 rings (SSSR count). The molecule has 2 unspecified atom stereocenters. The van der Waals surface area contributed by atoms with Gasteiger partial charge in [0.1, 0.15) is 0 Å². The Kier molecular flexibility index (Phi) is 2.58. The maximum absolute atomic E-state index is 9.12. The maximum Gasteiger partial charge on any atom is 0.0693 e. The van der Waals surface area contributed by atoms with Crippen molar-refractivity contribution in [2.45, 2.75) is 52.4 Å². The van der Waals surface area contributed by atoms with E-state index in [2.05, 4.69) is 58.9 Å². The number of nitrogens with zero attached hydrogens (tertiary/aromatic N) is 1. The summed E-state index contributed by atoms with van der Waals surface area (Å²) >= 11 is 0. The predicted octanol–water partition coefficient (Wildman–Crippen LogP) is 4.31. The van der Waals surface area contributed by atoms with Crippen molar-refractivity contribution in [1.29, 1.82) is 5.26 Å². The Balaban J connectivity index is 2.32. The molecule has 0 spiro atoms. The van der Waals surface area contributed by atoms with E-state index in [1.54, 1.807) is 0 Å². The highest BCUT2D eigenvalue weighted by atomic mass is 14.5. The molecule has 0 aromatic heterocycles. The molecular formula is C16H21N. The van der Waals surface area contributed by atoms with Gasteiger partial charge in [0.15, 0.2) is 0 Å². The molecule has 1 nitrogen and oxygen atoms in total. The number of benzene rings is 1. The zero-order valence-electron chi connectivity index (χ0n) is 11.5. The van der Waals surface area contributed by atoms with Crippen molar-refractivity contribution < 1.29 is 0 Å². The molecule has 1 aliphatic carbocycles. The minimum atomic E-state index is -0.117. The second-order valence-corrected chi connectivity index (χ2v) is 6.61. The molecule has 1 aromatic carbocycles. The van der Waals surface area contributed by atoms with Crippen LogP contribution in [-0.2, 0) is 5.41 Å². The summed E-state index contributed by atoms with van der Waals surface area (Å²) in [4.78, 5) is 0. The van der Waals surface area contributed by atoms with Crippen molar-refractivity contribution >= 4 is 0 Å². The summed E-state index contributed by atoms with van der Waals surface area (Å²) in [6.45, 7) is 10.9. The van der Waals surface area contributed by atoms with Gasteiger partial charge in [0.2, 0.25) is 0 Å². The lowest BCUT2D eigenvalue weighted by Crippen LogP contribution is -2.11. The van der Waals surface area contributed by atoms with Crippen LogP contribution in [0.2, 0.25) is 0 Å². The van der Waals surface area contributed by atoms with E-state index in [0.717, 1.165) is 6.42 Å². The van der Waals surface area contributed by atoms with Crippen molar-refractivity contribution in [2.75, 3.05) is 0 Å². The van der Waals surface area contributed by atoms with Crippen LogP contribution in [0.5, 0.6) is 0 Å². The van der Waals surface area contributed by atoms with Gasteiger partial charge in [-0.15, -0.1) is 0 Å². The number of hydrogen-bond donors (Lipinski definition) is 0. The molecule has 1 aromatic rings. The minimum absolute atomic E-state index is 0.117. The molecule has 17 heavy (non-hydrogen) atoms. The molecule has 2 atom stereocenters.